The standard InChI is InChI=1S/C24H38BrN3O3/c1-16(29)26-24-17(14-27(2)20-4-8-22(30)9-5-20)12-19(25)13-18(24)15-28(3)21-6-10-23(31)11-7-21/h12-13,20-23,30-31H,4-11,14-15H2,1-3H3,(H,26,29)/t20-,21-,22-,23-. The van der Waals surface area contributed by atoms with E-state index in [0.29, 0.717) is 12.1 Å². The summed E-state index contributed by atoms with van der Waals surface area (Å²) in [6, 6.07) is 5.12. The summed E-state index contributed by atoms with van der Waals surface area (Å²) in [6.07, 6.45) is 7.14. The van der Waals surface area contributed by atoms with E-state index in [4.69, 9.17) is 0 Å². The van der Waals surface area contributed by atoms with Crippen LogP contribution in [0, 0.1) is 0 Å². The van der Waals surface area contributed by atoms with Gasteiger partial charge in [0.2, 0.25) is 5.91 Å². The van der Waals surface area contributed by atoms with E-state index in [9.17, 15) is 15.0 Å². The van der Waals surface area contributed by atoms with E-state index in [1.165, 1.54) is 0 Å². The van der Waals surface area contributed by atoms with Crippen LogP contribution in [0.1, 0.15) is 69.4 Å². The highest BCUT2D eigenvalue weighted by atomic mass is 79.9. The molecule has 1 amide bonds. The van der Waals surface area contributed by atoms with Gasteiger partial charge in [-0.1, -0.05) is 15.9 Å². The number of nitrogens with zero attached hydrogens (tertiary/aromatic N) is 2. The average Bonchev–Trinajstić information content (AvgIpc) is 2.71. The van der Waals surface area contributed by atoms with Crippen LogP contribution in [-0.2, 0) is 17.9 Å². The minimum Gasteiger partial charge on any atom is -0.393 e. The number of carbonyl (C=O) groups excluding carboxylic acids is 1. The van der Waals surface area contributed by atoms with Gasteiger partial charge in [-0.05, 0) is 88.7 Å². The number of benzene rings is 1. The molecule has 3 N–H and O–H groups in total. The number of amides is 1. The van der Waals surface area contributed by atoms with Gasteiger partial charge in [-0.2, -0.15) is 0 Å². The SMILES string of the molecule is CC(=O)Nc1c(CN(C)[C@H]2CC[C@H](O)CC2)cc(Br)cc1CN(C)[C@H]1CC[C@H](O)CC1. The smallest absolute Gasteiger partial charge is 0.221 e. The summed E-state index contributed by atoms with van der Waals surface area (Å²) >= 11 is 3.69. The van der Waals surface area contributed by atoms with Crippen molar-refractivity contribution in [2.75, 3.05) is 19.4 Å². The first-order valence-electron chi connectivity index (χ1n) is 11.6. The molecule has 2 saturated carbocycles. The second-order valence-corrected chi connectivity index (χ2v) is 10.5. The minimum atomic E-state index is -0.159. The Morgan fingerprint density at radius 1 is 0.903 bits per heavy atom. The van der Waals surface area contributed by atoms with Gasteiger partial charge in [0.1, 0.15) is 0 Å². The van der Waals surface area contributed by atoms with Crippen molar-refractivity contribution in [1.29, 1.82) is 0 Å². The lowest BCUT2D eigenvalue weighted by Gasteiger charge is -2.35. The summed E-state index contributed by atoms with van der Waals surface area (Å²) < 4.78 is 1.02. The van der Waals surface area contributed by atoms with Crippen molar-refractivity contribution in [3.05, 3.63) is 27.7 Å². The molecule has 3 rings (SSSR count). The van der Waals surface area contributed by atoms with Gasteiger partial charge in [-0.3, -0.25) is 14.6 Å². The molecule has 2 fully saturated rings. The van der Waals surface area contributed by atoms with Gasteiger partial charge in [0, 0.05) is 42.3 Å². The Morgan fingerprint density at radius 3 is 1.65 bits per heavy atom. The molecule has 0 atom stereocenters. The van der Waals surface area contributed by atoms with Gasteiger partial charge in [0.05, 0.1) is 12.2 Å². The van der Waals surface area contributed by atoms with Crippen LogP contribution in [-0.4, -0.2) is 64.3 Å². The van der Waals surface area contributed by atoms with Crippen LogP contribution in [0.5, 0.6) is 0 Å². The molecule has 31 heavy (non-hydrogen) atoms. The maximum absolute atomic E-state index is 12.0. The van der Waals surface area contributed by atoms with Gasteiger partial charge in [-0.15, -0.1) is 0 Å². The molecule has 0 radical (unpaired) electrons. The number of nitrogens with one attached hydrogen (secondary N) is 1. The van der Waals surface area contributed by atoms with Crippen molar-refractivity contribution in [2.45, 2.75) is 95.7 Å². The Bertz CT molecular complexity index is 693. The van der Waals surface area contributed by atoms with E-state index in [1.807, 2.05) is 0 Å². The fourth-order valence-corrected chi connectivity index (χ4v) is 5.66. The molecule has 2 aliphatic rings. The topological polar surface area (TPSA) is 76.0 Å². The van der Waals surface area contributed by atoms with Gasteiger partial charge >= 0.3 is 0 Å². The predicted octanol–water partition coefficient (Wildman–Crippen LogP) is 3.88. The van der Waals surface area contributed by atoms with Gasteiger partial charge < -0.3 is 15.5 Å². The summed E-state index contributed by atoms with van der Waals surface area (Å²) in [7, 11) is 4.28. The molecule has 1 aromatic carbocycles. The third-order valence-corrected chi connectivity index (χ3v) is 7.44. The molecule has 2 aliphatic carbocycles. The normalized spacial score (nSPS) is 27.0. The van der Waals surface area contributed by atoms with Crippen LogP contribution < -0.4 is 5.32 Å². The van der Waals surface area contributed by atoms with Crippen LogP contribution in [0.25, 0.3) is 0 Å². The van der Waals surface area contributed by atoms with Crippen molar-refractivity contribution >= 4 is 27.5 Å². The van der Waals surface area contributed by atoms with E-state index in [-0.39, 0.29) is 18.1 Å². The predicted molar refractivity (Wildman–Crippen MR) is 128 cm³/mol. The minimum absolute atomic E-state index is 0.0586. The average molecular weight is 496 g/mol. The lowest BCUT2D eigenvalue weighted by Crippen LogP contribution is -2.37. The Hall–Kier alpha value is -0.990. The maximum atomic E-state index is 12.0. The molecule has 0 bridgehead atoms. The molecular formula is C24H38BrN3O3. The lowest BCUT2D eigenvalue weighted by atomic mass is 9.91. The molecule has 1 aromatic rings. The molecule has 0 heterocycles. The zero-order chi connectivity index (χ0) is 22.5. The van der Waals surface area contributed by atoms with Crippen molar-refractivity contribution in [3.63, 3.8) is 0 Å². The maximum Gasteiger partial charge on any atom is 0.221 e. The highest BCUT2D eigenvalue weighted by Crippen LogP contribution is 2.32. The third kappa shape index (κ3) is 6.99. The van der Waals surface area contributed by atoms with Crippen LogP contribution in [0.2, 0.25) is 0 Å². The largest absolute Gasteiger partial charge is 0.393 e. The number of anilines is 1. The Labute approximate surface area is 195 Å². The molecule has 174 valence electrons. The first-order chi connectivity index (χ1) is 14.7. The molecule has 0 saturated heterocycles. The van der Waals surface area contributed by atoms with Crippen LogP contribution in [0.3, 0.4) is 0 Å². The zero-order valence-corrected chi connectivity index (χ0v) is 20.7. The third-order valence-electron chi connectivity index (χ3n) is 6.99. The molecule has 0 spiro atoms. The fraction of sp³-hybridized carbons (Fsp3) is 0.708. The van der Waals surface area contributed by atoms with Gasteiger partial charge in [0.15, 0.2) is 0 Å². The van der Waals surface area contributed by atoms with Gasteiger partial charge in [-0.25, -0.2) is 0 Å². The lowest BCUT2D eigenvalue weighted by molar-refractivity contribution is -0.114. The fourth-order valence-electron chi connectivity index (χ4n) is 5.10. The van der Waals surface area contributed by atoms with Crippen molar-refractivity contribution in [1.82, 2.24) is 9.80 Å². The first-order valence-corrected chi connectivity index (χ1v) is 12.4. The molecule has 7 heteroatoms. The molecule has 0 aliphatic heterocycles. The van der Waals surface area contributed by atoms with Crippen molar-refractivity contribution in [3.8, 4) is 0 Å². The summed E-state index contributed by atoms with van der Waals surface area (Å²) in [6.45, 7) is 3.07. The number of rotatable bonds is 7. The Kier molecular flexibility index (Phi) is 8.93. The van der Waals surface area contributed by atoms with E-state index in [1.54, 1.807) is 6.92 Å². The van der Waals surface area contributed by atoms with E-state index in [2.05, 4.69) is 57.3 Å². The quantitative estimate of drug-likeness (QED) is 0.534. The van der Waals surface area contributed by atoms with Crippen LogP contribution >= 0.6 is 15.9 Å². The Morgan fingerprint density at radius 2 is 1.29 bits per heavy atom. The first kappa shape index (κ1) is 24.6. The second kappa shape index (κ2) is 11.2. The van der Waals surface area contributed by atoms with Crippen LogP contribution in [0.15, 0.2) is 16.6 Å². The highest BCUT2D eigenvalue weighted by Gasteiger charge is 2.26. The molecule has 0 aromatic heterocycles. The van der Waals surface area contributed by atoms with E-state index in [0.717, 1.165) is 85.7 Å². The molecule has 0 unspecified atom stereocenters. The summed E-state index contributed by atoms with van der Waals surface area (Å²) in [5, 5.41) is 22.8. The number of hydrogen-bond donors (Lipinski definition) is 3. The monoisotopic (exact) mass is 495 g/mol. The second-order valence-electron chi connectivity index (χ2n) is 9.54. The van der Waals surface area contributed by atoms with Crippen LogP contribution in [0.4, 0.5) is 5.69 Å². The van der Waals surface area contributed by atoms with E-state index >= 15 is 0 Å². The summed E-state index contributed by atoms with van der Waals surface area (Å²) in [5.74, 6) is -0.0586. The van der Waals surface area contributed by atoms with E-state index < -0.39 is 0 Å². The van der Waals surface area contributed by atoms with Crippen molar-refractivity contribution < 1.29 is 15.0 Å². The number of carbonyl (C=O) groups is 1. The summed E-state index contributed by atoms with van der Waals surface area (Å²) in [4.78, 5) is 16.8. The number of aliphatic hydroxyl groups is 2. The molecule has 6 nitrogen and oxygen atoms in total. The number of aliphatic hydroxyl groups excluding tert-OH is 2. The van der Waals surface area contributed by atoms with Gasteiger partial charge in [0.25, 0.3) is 0 Å². The highest BCUT2D eigenvalue weighted by molar-refractivity contribution is 9.10. The number of hydrogen-bond acceptors (Lipinski definition) is 5. The summed E-state index contributed by atoms with van der Waals surface area (Å²) in [5.41, 5.74) is 3.14. The Balaban J connectivity index is 1.78. The van der Waals surface area contributed by atoms with Crippen molar-refractivity contribution in [2.24, 2.45) is 0 Å². The zero-order valence-electron chi connectivity index (χ0n) is 19.1. The molecular weight excluding hydrogens is 458 g/mol. The number of halogens is 1.